The van der Waals surface area contributed by atoms with Crippen LogP contribution in [0.25, 0.3) is 0 Å². The Morgan fingerprint density at radius 1 is 1.45 bits per heavy atom. The highest BCUT2D eigenvalue weighted by Crippen LogP contribution is 2.20. The molecule has 1 N–H and O–H groups in total. The molecule has 0 saturated carbocycles. The van der Waals surface area contributed by atoms with Gasteiger partial charge in [0.25, 0.3) is 0 Å². The van der Waals surface area contributed by atoms with Gasteiger partial charge in [0.05, 0.1) is 16.1 Å². The van der Waals surface area contributed by atoms with E-state index in [-0.39, 0.29) is 0 Å². The first kappa shape index (κ1) is 17.3. The van der Waals surface area contributed by atoms with Gasteiger partial charge in [-0.15, -0.1) is 11.8 Å². The Bertz CT molecular complexity index is 441. The van der Waals surface area contributed by atoms with Gasteiger partial charge >= 0.3 is 0 Å². The number of nitrogens with one attached hydrogen (secondary N) is 1. The maximum atomic E-state index is 9.25. The van der Waals surface area contributed by atoms with E-state index in [1.807, 2.05) is 19.1 Å². The molecule has 0 fully saturated rings. The summed E-state index contributed by atoms with van der Waals surface area (Å²) in [7, 11) is 0. The number of rotatable bonds is 8. The van der Waals surface area contributed by atoms with E-state index in [1.54, 1.807) is 18.0 Å². The fraction of sp³-hybridized carbons (Fsp3) is 0.600. The molecule has 1 aromatic rings. The Hall–Kier alpha value is -0.760. The molecule has 5 heteroatoms. The van der Waals surface area contributed by atoms with Gasteiger partial charge in [0.2, 0.25) is 0 Å². The minimum absolute atomic E-state index is 0.326. The molecule has 0 spiro atoms. The van der Waals surface area contributed by atoms with Crippen LogP contribution in [0.5, 0.6) is 0 Å². The Morgan fingerprint density at radius 2 is 2.20 bits per heavy atom. The standard InChI is InChI=1S/C15H22ClN3S/c1-12(2)19-15(3,11-17)8-4-5-9-20-14-7-6-13(16)10-18-14/h6-7,10,12,19H,4-5,8-9H2,1-3H3. The number of aromatic nitrogens is 1. The number of nitriles is 1. The lowest BCUT2D eigenvalue weighted by Gasteiger charge is -2.25. The Balaban J connectivity index is 2.24. The molecule has 0 aliphatic heterocycles. The molecule has 1 heterocycles. The molecule has 1 aromatic heterocycles. The highest BCUT2D eigenvalue weighted by Gasteiger charge is 2.23. The first-order chi connectivity index (χ1) is 9.45. The van der Waals surface area contributed by atoms with Crippen LogP contribution in [-0.2, 0) is 0 Å². The highest BCUT2D eigenvalue weighted by atomic mass is 35.5. The molecule has 0 aliphatic rings. The normalized spacial score (nSPS) is 14.0. The smallest absolute Gasteiger partial charge is 0.104 e. The van der Waals surface area contributed by atoms with E-state index >= 15 is 0 Å². The van der Waals surface area contributed by atoms with Crippen molar-refractivity contribution in [2.45, 2.75) is 56.6 Å². The predicted molar refractivity (Wildman–Crippen MR) is 86.1 cm³/mol. The molecule has 1 unspecified atom stereocenters. The maximum absolute atomic E-state index is 9.25. The molecule has 0 aromatic carbocycles. The summed E-state index contributed by atoms with van der Waals surface area (Å²) in [5.41, 5.74) is -0.419. The van der Waals surface area contributed by atoms with Crippen molar-refractivity contribution >= 4 is 23.4 Å². The first-order valence-electron chi connectivity index (χ1n) is 6.88. The second-order valence-electron chi connectivity index (χ2n) is 5.36. The molecule has 0 aliphatic carbocycles. The van der Waals surface area contributed by atoms with Crippen molar-refractivity contribution in [3.63, 3.8) is 0 Å². The number of pyridine rings is 1. The van der Waals surface area contributed by atoms with Crippen molar-refractivity contribution in [1.82, 2.24) is 10.3 Å². The zero-order valence-electron chi connectivity index (χ0n) is 12.3. The zero-order chi connectivity index (χ0) is 15.0. The molecule has 110 valence electrons. The quantitative estimate of drug-likeness (QED) is 0.575. The summed E-state index contributed by atoms with van der Waals surface area (Å²) in [4.78, 5) is 4.25. The molecule has 0 radical (unpaired) electrons. The van der Waals surface area contributed by atoms with E-state index in [9.17, 15) is 5.26 Å². The summed E-state index contributed by atoms with van der Waals surface area (Å²) < 4.78 is 0. The van der Waals surface area contributed by atoms with Gasteiger partial charge in [-0.05, 0) is 57.9 Å². The fourth-order valence-electron chi connectivity index (χ4n) is 2.00. The Labute approximate surface area is 131 Å². The predicted octanol–water partition coefficient (Wildman–Crippen LogP) is 4.28. The summed E-state index contributed by atoms with van der Waals surface area (Å²) >= 11 is 7.52. The van der Waals surface area contributed by atoms with Crippen LogP contribution in [-0.4, -0.2) is 22.3 Å². The minimum atomic E-state index is -0.419. The minimum Gasteiger partial charge on any atom is -0.297 e. The summed E-state index contributed by atoms with van der Waals surface area (Å²) in [5, 5.41) is 14.2. The molecular formula is C15H22ClN3S. The third-order valence-corrected chi connectivity index (χ3v) is 4.13. The molecule has 1 atom stereocenters. The summed E-state index contributed by atoms with van der Waals surface area (Å²) in [6, 6.07) is 6.50. The molecule has 3 nitrogen and oxygen atoms in total. The van der Waals surface area contributed by atoms with Crippen LogP contribution < -0.4 is 5.32 Å². The average molecular weight is 312 g/mol. The lowest BCUT2D eigenvalue weighted by atomic mass is 9.96. The molecular weight excluding hydrogens is 290 g/mol. The third kappa shape index (κ3) is 6.60. The molecule has 0 bridgehead atoms. The van der Waals surface area contributed by atoms with Crippen LogP contribution >= 0.6 is 23.4 Å². The SMILES string of the molecule is CC(C)NC(C)(C#N)CCCCSc1ccc(Cl)cn1. The van der Waals surface area contributed by atoms with E-state index in [2.05, 4.69) is 30.2 Å². The van der Waals surface area contributed by atoms with Crippen LogP contribution in [0.15, 0.2) is 23.4 Å². The van der Waals surface area contributed by atoms with Crippen LogP contribution in [0, 0.1) is 11.3 Å². The third-order valence-electron chi connectivity index (χ3n) is 2.88. The van der Waals surface area contributed by atoms with Crippen molar-refractivity contribution in [3.05, 3.63) is 23.4 Å². The van der Waals surface area contributed by atoms with E-state index < -0.39 is 5.54 Å². The van der Waals surface area contributed by atoms with Crippen molar-refractivity contribution < 1.29 is 0 Å². The summed E-state index contributed by atoms with van der Waals surface area (Å²) in [6.07, 6.45) is 4.65. The van der Waals surface area contributed by atoms with Gasteiger partial charge < -0.3 is 0 Å². The van der Waals surface area contributed by atoms with E-state index in [4.69, 9.17) is 11.6 Å². The number of hydrogen-bond acceptors (Lipinski definition) is 4. The molecule has 0 saturated heterocycles. The van der Waals surface area contributed by atoms with Gasteiger partial charge in [0.15, 0.2) is 0 Å². The van der Waals surface area contributed by atoms with Gasteiger partial charge in [0, 0.05) is 12.2 Å². The first-order valence-corrected chi connectivity index (χ1v) is 8.25. The molecule has 20 heavy (non-hydrogen) atoms. The van der Waals surface area contributed by atoms with E-state index in [0.717, 1.165) is 30.0 Å². The summed E-state index contributed by atoms with van der Waals surface area (Å²) in [5.74, 6) is 1.01. The van der Waals surface area contributed by atoms with Gasteiger partial charge in [-0.3, -0.25) is 5.32 Å². The number of nitrogens with zero attached hydrogens (tertiary/aromatic N) is 2. The monoisotopic (exact) mass is 311 g/mol. The van der Waals surface area contributed by atoms with Crippen molar-refractivity contribution in [3.8, 4) is 6.07 Å². The average Bonchev–Trinajstić information content (AvgIpc) is 2.40. The fourth-order valence-corrected chi connectivity index (χ4v) is 2.96. The van der Waals surface area contributed by atoms with Crippen LogP contribution in [0.3, 0.4) is 0 Å². The second-order valence-corrected chi connectivity index (χ2v) is 6.91. The lowest BCUT2D eigenvalue weighted by molar-refractivity contribution is 0.372. The van der Waals surface area contributed by atoms with E-state index in [1.165, 1.54) is 0 Å². The van der Waals surface area contributed by atoms with Gasteiger partial charge in [-0.1, -0.05) is 11.6 Å². The van der Waals surface area contributed by atoms with Crippen molar-refractivity contribution in [1.29, 1.82) is 5.26 Å². The van der Waals surface area contributed by atoms with Crippen molar-refractivity contribution in [2.75, 3.05) is 5.75 Å². The number of hydrogen-bond donors (Lipinski definition) is 1. The highest BCUT2D eigenvalue weighted by molar-refractivity contribution is 7.99. The van der Waals surface area contributed by atoms with Crippen LogP contribution in [0.4, 0.5) is 0 Å². The topological polar surface area (TPSA) is 48.7 Å². The Morgan fingerprint density at radius 3 is 2.75 bits per heavy atom. The molecule has 1 rings (SSSR count). The van der Waals surface area contributed by atoms with Gasteiger partial charge in [-0.25, -0.2) is 4.98 Å². The largest absolute Gasteiger partial charge is 0.297 e. The van der Waals surface area contributed by atoms with Gasteiger partial charge in [0.1, 0.15) is 5.54 Å². The lowest BCUT2D eigenvalue weighted by Crippen LogP contribution is -2.44. The van der Waals surface area contributed by atoms with Crippen LogP contribution in [0.2, 0.25) is 5.02 Å². The Kier molecular flexibility index (Phi) is 7.36. The second kappa shape index (κ2) is 8.51. The number of unbranched alkanes of at least 4 members (excludes halogenated alkanes) is 1. The number of thioether (sulfide) groups is 1. The number of halogens is 1. The van der Waals surface area contributed by atoms with Crippen molar-refractivity contribution in [2.24, 2.45) is 0 Å². The maximum Gasteiger partial charge on any atom is 0.104 e. The van der Waals surface area contributed by atoms with E-state index in [0.29, 0.717) is 11.1 Å². The summed E-state index contributed by atoms with van der Waals surface area (Å²) in [6.45, 7) is 6.11. The zero-order valence-corrected chi connectivity index (χ0v) is 13.9. The van der Waals surface area contributed by atoms with Crippen LogP contribution in [0.1, 0.15) is 40.0 Å². The molecule has 0 amide bonds. The van der Waals surface area contributed by atoms with Gasteiger partial charge in [-0.2, -0.15) is 5.26 Å².